The lowest BCUT2D eigenvalue weighted by atomic mass is 9.47. The molecule has 7 heteroatoms. The predicted molar refractivity (Wildman–Crippen MR) is 132 cm³/mol. The zero-order valence-electron chi connectivity index (χ0n) is 19.8. The summed E-state index contributed by atoms with van der Waals surface area (Å²) >= 11 is 1.40. The van der Waals surface area contributed by atoms with Crippen molar-refractivity contribution in [2.24, 2.45) is 40.4 Å². The van der Waals surface area contributed by atoms with Crippen LogP contribution in [0.5, 0.6) is 0 Å². The van der Waals surface area contributed by atoms with Gasteiger partial charge in [-0.15, -0.1) is 0 Å². The Bertz CT molecular complexity index is 1220. The summed E-state index contributed by atoms with van der Waals surface area (Å²) in [6.07, 6.45) is 10.2. The monoisotopic (exact) mass is 477 g/mol. The number of fused-ring (bicyclic) bond motifs is 6. The van der Waals surface area contributed by atoms with Crippen LogP contribution in [0.2, 0.25) is 0 Å². The highest BCUT2D eigenvalue weighted by molar-refractivity contribution is 7.21. The van der Waals surface area contributed by atoms with Gasteiger partial charge in [0.05, 0.1) is 6.10 Å². The first-order valence-electron chi connectivity index (χ1n) is 12.4. The molecule has 2 aromatic heterocycles. The van der Waals surface area contributed by atoms with Crippen LogP contribution in [-0.2, 0) is 9.59 Å². The maximum atomic E-state index is 13.7. The molecule has 34 heavy (non-hydrogen) atoms. The third-order valence-electron chi connectivity index (χ3n) is 9.51. The van der Waals surface area contributed by atoms with Crippen molar-refractivity contribution in [1.82, 2.24) is 9.97 Å². The summed E-state index contributed by atoms with van der Waals surface area (Å²) in [4.78, 5) is 35.4. The first kappa shape index (κ1) is 22.1. The quantitative estimate of drug-likeness (QED) is 0.650. The maximum Gasteiger partial charge on any atom is 0.230 e. The van der Waals surface area contributed by atoms with E-state index in [1.807, 2.05) is 18.2 Å². The highest BCUT2D eigenvalue weighted by atomic mass is 32.1. The summed E-state index contributed by atoms with van der Waals surface area (Å²) < 4.78 is 0. The second kappa shape index (κ2) is 7.56. The van der Waals surface area contributed by atoms with E-state index in [4.69, 9.17) is 0 Å². The van der Waals surface area contributed by atoms with Gasteiger partial charge < -0.3 is 10.4 Å². The van der Waals surface area contributed by atoms with Crippen molar-refractivity contribution in [2.45, 2.75) is 52.6 Å². The van der Waals surface area contributed by atoms with Gasteiger partial charge in [-0.1, -0.05) is 43.8 Å². The number of carbonyl (C=O) groups excluding carboxylic acids is 2. The molecule has 4 aliphatic carbocycles. The fourth-order valence-corrected chi connectivity index (χ4v) is 9.07. The molecule has 2 N–H and O–H groups in total. The number of pyridine rings is 1. The first-order chi connectivity index (χ1) is 16.2. The van der Waals surface area contributed by atoms with Crippen LogP contribution in [0.1, 0.15) is 46.5 Å². The Morgan fingerprint density at radius 3 is 2.94 bits per heavy atom. The number of rotatable bonds is 2. The van der Waals surface area contributed by atoms with Gasteiger partial charge >= 0.3 is 0 Å². The van der Waals surface area contributed by atoms with Gasteiger partial charge in [-0.05, 0) is 73.1 Å². The molecule has 2 aromatic rings. The van der Waals surface area contributed by atoms with Crippen molar-refractivity contribution >= 4 is 38.5 Å². The smallest absolute Gasteiger partial charge is 0.230 e. The summed E-state index contributed by atoms with van der Waals surface area (Å²) in [5.74, 6) is 0.890. The van der Waals surface area contributed by atoms with Crippen LogP contribution >= 0.6 is 11.3 Å². The number of hydrogen-bond acceptors (Lipinski definition) is 6. The van der Waals surface area contributed by atoms with Crippen molar-refractivity contribution in [1.29, 1.82) is 0 Å². The molecular weight excluding hydrogens is 446 g/mol. The van der Waals surface area contributed by atoms with Gasteiger partial charge in [0.25, 0.3) is 0 Å². The summed E-state index contributed by atoms with van der Waals surface area (Å²) in [5, 5.41) is 15.2. The van der Waals surface area contributed by atoms with Crippen LogP contribution in [0.25, 0.3) is 10.3 Å². The molecule has 0 radical (unpaired) electrons. The minimum Gasteiger partial charge on any atom is -0.393 e. The standard InChI is InChI=1S/C27H31N3O3S/c1-14-11-18-17-7-6-15-12-16(31)8-9-26(15,2)22(17)20(32)13-27(18,3)21(14)23(33)30-25-29-19-5-4-10-28-24(19)34-25/h4-5,8-10,12,14,17-18,20-22,32H,6-7,11,13H2,1-3H3,(H,29,30,33)/t14-,17?,18?,20?,21?,22?,26?,27?/m1/s1. The van der Waals surface area contributed by atoms with E-state index in [0.717, 1.165) is 35.2 Å². The highest BCUT2D eigenvalue weighted by Crippen LogP contribution is 2.67. The second-order valence-electron chi connectivity index (χ2n) is 11.3. The highest BCUT2D eigenvalue weighted by Gasteiger charge is 2.64. The number of nitrogens with one attached hydrogen (secondary N) is 1. The van der Waals surface area contributed by atoms with Crippen LogP contribution in [-0.4, -0.2) is 32.9 Å². The topological polar surface area (TPSA) is 92.2 Å². The van der Waals surface area contributed by atoms with Crippen LogP contribution < -0.4 is 5.32 Å². The summed E-state index contributed by atoms with van der Waals surface area (Å²) in [6, 6.07) is 3.75. The Kier molecular flexibility index (Phi) is 4.91. The van der Waals surface area contributed by atoms with Crippen molar-refractivity contribution in [3.8, 4) is 0 Å². The van der Waals surface area contributed by atoms with E-state index >= 15 is 0 Å². The molecule has 8 atom stereocenters. The van der Waals surface area contributed by atoms with Gasteiger partial charge in [0.15, 0.2) is 10.9 Å². The van der Waals surface area contributed by atoms with E-state index in [-0.39, 0.29) is 40.3 Å². The fraction of sp³-hybridized carbons (Fsp3) is 0.556. The summed E-state index contributed by atoms with van der Waals surface area (Å²) in [7, 11) is 0. The van der Waals surface area contributed by atoms with Crippen LogP contribution in [0.15, 0.2) is 42.1 Å². The molecule has 0 saturated heterocycles. The number of aliphatic hydroxyl groups excluding tert-OH is 1. The molecular formula is C27H31N3O3S. The molecule has 178 valence electrons. The minimum atomic E-state index is -0.509. The summed E-state index contributed by atoms with van der Waals surface area (Å²) in [6.45, 7) is 6.59. The molecule has 7 unspecified atom stereocenters. The van der Waals surface area contributed by atoms with Crippen LogP contribution in [0.3, 0.4) is 0 Å². The molecule has 2 heterocycles. The Morgan fingerprint density at radius 2 is 2.15 bits per heavy atom. The molecule has 3 fully saturated rings. The number of hydrogen-bond donors (Lipinski definition) is 2. The van der Waals surface area contributed by atoms with Crippen molar-refractivity contribution in [3.63, 3.8) is 0 Å². The van der Waals surface area contributed by atoms with Gasteiger partial charge in [-0.3, -0.25) is 9.59 Å². The van der Waals surface area contributed by atoms with Gasteiger partial charge in [0.2, 0.25) is 5.91 Å². The second-order valence-corrected chi connectivity index (χ2v) is 12.3. The normalized spacial score (nSPS) is 40.9. The zero-order valence-corrected chi connectivity index (χ0v) is 20.6. The zero-order chi connectivity index (χ0) is 23.8. The van der Waals surface area contributed by atoms with Gasteiger partial charge in [-0.2, -0.15) is 0 Å². The average molecular weight is 478 g/mol. The number of anilines is 1. The van der Waals surface area contributed by atoms with E-state index < -0.39 is 6.10 Å². The minimum absolute atomic E-state index is 0.00738. The number of allylic oxidation sites excluding steroid dienone is 4. The number of nitrogens with zero attached hydrogens (tertiary/aromatic N) is 2. The first-order valence-corrected chi connectivity index (χ1v) is 13.2. The third-order valence-corrected chi connectivity index (χ3v) is 10.4. The lowest BCUT2D eigenvalue weighted by molar-refractivity contribution is -0.137. The molecule has 0 aromatic carbocycles. The fourth-order valence-electron chi connectivity index (χ4n) is 8.26. The Balaban J connectivity index is 1.30. The van der Waals surface area contributed by atoms with Crippen molar-refractivity contribution in [3.05, 3.63) is 42.1 Å². The molecule has 3 saturated carbocycles. The van der Waals surface area contributed by atoms with Crippen molar-refractivity contribution < 1.29 is 14.7 Å². The van der Waals surface area contributed by atoms with Gasteiger partial charge in [0.1, 0.15) is 10.3 Å². The third kappa shape index (κ3) is 3.09. The molecule has 1 amide bonds. The van der Waals surface area contributed by atoms with E-state index in [2.05, 4.69) is 36.1 Å². The van der Waals surface area contributed by atoms with Crippen molar-refractivity contribution in [2.75, 3.05) is 5.32 Å². The largest absolute Gasteiger partial charge is 0.393 e. The molecule has 6 rings (SSSR count). The van der Waals surface area contributed by atoms with Crippen LogP contribution in [0.4, 0.5) is 5.13 Å². The van der Waals surface area contributed by atoms with Crippen LogP contribution in [0, 0.1) is 40.4 Å². The Labute approximate surface area is 203 Å². The SMILES string of the molecule is C[C@@H]1CC2C3CCC4=CC(=O)C=CC4(C)C3C(O)CC2(C)C1C(=O)Nc1nc2cccnc2s1. The molecule has 0 aliphatic heterocycles. The van der Waals surface area contributed by atoms with E-state index in [1.54, 1.807) is 18.3 Å². The van der Waals surface area contributed by atoms with Gasteiger partial charge in [0, 0.05) is 23.4 Å². The lowest BCUT2D eigenvalue weighted by Gasteiger charge is -2.58. The lowest BCUT2D eigenvalue weighted by Crippen LogP contribution is -2.56. The number of carbonyl (C=O) groups is 2. The maximum absolute atomic E-state index is 13.7. The number of amides is 1. The number of thiazole rings is 1. The number of aliphatic hydroxyl groups is 1. The Morgan fingerprint density at radius 1 is 1.32 bits per heavy atom. The van der Waals surface area contributed by atoms with Gasteiger partial charge in [-0.25, -0.2) is 9.97 Å². The molecule has 0 bridgehead atoms. The number of aromatic nitrogens is 2. The van der Waals surface area contributed by atoms with E-state index in [0.29, 0.717) is 23.4 Å². The molecule has 4 aliphatic rings. The number of ketones is 1. The predicted octanol–water partition coefficient (Wildman–Crippen LogP) is 4.77. The van der Waals surface area contributed by atoms with E-state index in [1.165, 1.54) is 11.3 Å². The average Bonchev–Trinajstić information content (AvgIpc) is 3.30. The van der Waals surface area contributed by atoms with E-state index in [9.17, 15) is 14.7 Å². The summed E-state index contributed by atoms with van der Waals surface area (Å²) in [5.41, 5.74) is 1.40. The Hall–Kier alpha value is -2.38. The molecule has 6 nitrogen and oxygen atoms in total. The molecule has 0 spiro atoms.